The number of hydrogen-bond acceptors (Lipinski definition) is 4. The van der Waals surface area contributed by atoms with Crippen molar-refractivity contribution in [1.29, 1.82) is 0 Å². The van der Waals surface area contributed by atoms with Gasteiger partial charge in [0.05, 0.1) is 23.9 Å². The highest BCUT2D eigenvalue weighted by Gasteiger charge is 2.05. The molecule has 0 saturated carbocycles. The van der Waals surface area contributed by atoms with Gasteiger partial charge in [-0.1, -0.05) is 0 Å². The molecule has 0 fully saturated rings. The molecule has 0 aliphatic heterocycles. The number of nitrogens with two attached hydrogens (primary N) is 1. The van der Waals surface area contributed by atoms with Crippen molar-refractivity contribution >= 4 is 32.8 Å². The van der Waals surface area contributed by atoms with Crippen LogP contribution in [0.2, 0.25) is 0 Å². The Morgan fingerprint density at radius 2 is 2.29 bits per heavy atom. The number of H-pyrrole nitrogens is 1. The summed E-state index contributed by atoms with van der Waals surface area (Å²) in [6.07, 6.45) is 5.09. The normalized spacial score (nSPS) is 11.1. The van der Waals surface area contributed by atoms with Crippen molar-refractivity contribution in [3.05, 3.63) is 35.0 Å². The molecule has 6 nitrogen and oxygen atoms in total. The van der Waals surface area contributed by atoms with Crippen LogP contribution in [0.1, 0.15) is 5.82 Å². The number of aromatic amines is 1. The molecular formula is C10H9BrN6. The van der Waals surface area contributed by atoms with E-state index in [1.54, 1.807) is 23.3 Å². The van der Waals surface area contributed by atoms with Crippen LogP contribution < -0.4 is 5.73 Å². The van der Waals surface area contributed by atoms with E-state index in [1.807, 2.05) is 6.07 Å². The average Bonchev–Trinajstić information content (AvgIpc) is 2.84. The minimum Gasteiger partial charge on any atom is -0.396 e. The molecule has 0 aliphatic rings. The van der Waals surface area contributed by atoms with Crippen molar-refractivity contribution in [2.75, 3.05) is 5.73 Å². The van der Waals surface area contributed by atoms with Crippen LogP contribution in [-0.2, 0) is 6.54 Å². The lowest BCUT2D eigenvalue weighted by molar-refractivity contribution is 0.663. The second-order valence-electron chi connectivity index (χ2n) is 3.68. The molecule has 3 heterocycles. The largest absolute Gasteiger partial charge is 0.396 e. The summed E-state index contributed by atoms with van der Waals surface area (Å²) >= 11 is 3.37. The minimum atomic E-state index is 0.547. The summed E-state index contributed by atoms with van der Waals surface area (Å²) in [5, 5.41) is 4.10. The van der Waals surface area contributed by atoms with Gasteiger partial charge in [0.1, 0.15) is 5.82 Å². The molecule has 3 aromatic heterocycles. The fourth-order valence-electron chi connectivity index (χ4n) is 1.62. The predicted molar refractivity (Wildman–Crippen MR) is 67.3 cm³/mol. The lowest BCUT2D eigenvalue weighted by Crippen LogP contribution is -2.01. The summed E-state index contributed by atoms with van der Waals surface area (Å²) in [6, 6.07) is 1.94. The number of hydrogen-bond donors (Lipinski definition) is 2. The third kappa shape index (κ3) is 2.01. The molecule has 0 bridgehead atoms. The molecule has 7 heteroatoms. The van der Waals surface area contributed by atoms with Crippen molar-refractivity contribution in [3.63, 3.8) is 0 Å². The Labute approximate surface area is 105 Å². The Kier molecular flexibility index (Phi) is 2.32. The third-order valence-electron chi connectivity index (χ3n) is 2.32. The molecule has 0 aromatic carbocycles. The number of fused-ring (bicyclic) bond motifs is 1. The molecule has 0 spiro atoms. The molecule has 0 radical (unpaired) electrons. The first-order valence-electron chi connectivity index (χ1n) is 4.99. The minimum absolute atomic E-state index is 0.547. The quantitative estimate of drug-likeness (QED) is 0.750. The molecule has 0 unspecified atom stereocenters. The number of halogens is 1. The highest BCUT2D eigenvalue weighted by molar-refractivity contribution is 9.10. The number of nitrogens with zero attached hydrogens (tertiary/aromatic N) is 4. The molecular weight excluding hydrogens is 284 g/mol. The number of nitrogen functional groups attached to an aromatic ring is 1. The number of anilines is 1. The van der Waals surface area contributed by atoms with Crippen molar-refractivity contribution in [1.82, 2.24) is 24.7 Å². The van der Waals surface area contributed by atoms with E-state index in [0.717, 1.165) is 15.8 Å². The maximum absolute atomic E-state index is 5.59. The number of nitrogens with one attached hydrogen (secondary N) is 1. The van der Waals surface area contributed by atoms with Crippen LogP contribution in [0.4, 0.5) is 5.69 Å². The van der Waals surface area contributed by atoms with Crippen LogP contribution in [0.25, 0.3) is 11.2 Å². The van der Waals surface area contributed by atoms with Gasteiger partial charge in [0.25, 0.3) is 0 Å². The molecule has 3 rings (SSSR count). The van der Waals surface area contributed by atoms with Crippen LogP contribution in [0.15, 0.2) is 29.1 Å². The van der Waals surface area contributed by atoms with E-state index in [4.69, 9.17) is 5.73 Å². The van der Waals surface area contributed by atoms with Crippen LogP contribution in [0.3, 0.4) is 0 Å². The van der Waals surface area contributed by atoms with Gasteiger partial charge in [-0.05, 0) is 22.0 Å². The smallest absolute Gasteiger partial charge is 0.177 e. The zero-order chi connectivity index (χ0) is 11.8. The van der Waals surface area contributed by atoms with Gasteiger partial charge in [-0.3, -0.25) is 4.68 Å². The first kappa shape index (κ1) is 10.3. The van der Waals surface area contributed by atoms with Crippen molar-refractivity contribution in [2.45, 2.75) is 6.54 Å². The fraction of sp³-hybridized carbons (Fsp3) is 0.100. The first-order valence-corrected chi connectivity index (χ1v) is 5.78. The Hall–Kier alpha value is -1.89. The van der Waals surface area contributed by atoms with Crippen LogP contribution in [0.5, 0.6) is 0 Å². The van der Waals surface area contributed by atoms with Gasteiger partial charge in [-0.15, -0.1) is 0 Å². The first-order chi connectivity index (χ1) is 8.20. The van der Waals surface area contributed by atoms with E-state index in [9.17, 15) is 0 Å². The molecule has 3 N–H and O–H groups in total. The summed E-state index contributed by atoms with van der Waals surface area (Å²) in [5.74, 6) is 0.800. The zero-order valence-electron chi connectivity index (χ0n) is 8.76. The molecule has 0 aliphatic carbocycles. The fourth-order valence-corrected chi connectivity index (χ4v) is 1.95. The average molecular weight is 293 g/mol. The standard InChI is InChI=1S/C10H9BrN6/c11-6-1-8-10(13-2-6)16-9(15-8)5-17-4-7(12)3-14-17/h1-4H,5,12H2,(H,13,15,16). The lowest BCUT2D eigenvalue weighted by atomic mass is 10.4. The van der Waals surface area contributed by atoms with Gasteiger partial charge in [-0.2, -0.15) is 5.10 Å². The third-order valence-corrected chi connectivity index (χ3v) is 2.75. The van der Waals surface area contributed by atoms with Gasteiger partial charge in [-0.25, -0.2) is 9.97 Å². The van der Waals surface area contributed by atoms with E-state index in [0.29, 0.717) is 17.9 Å². The SMILES string of the molecule is Nc1cnn(Cc2nc3ncc(Br)cc3[nH]2)c1. The highest BCUT2D eigenvalue weighted by Crippen LogP contribution is 2.15. The monoisotopic (exact) mass is 292 g/mol. The second-order valence-corrected chi connectivity index (χ2v) is 4.60. The van der Waals surface area contributed by atoms with Crippen molar-refractivity contribution < 1.29 is 0 Å². The Balaban J connectivity index is 1.95. The number of rotatable bonds is 2. The van der Waals surface area contributed by atoms with E-state index in [-0.39, 0.29) is 0 Å². The number of pyridine rings is 1. The van der Waals surface area contributed by atoms with Gasteiger partial charge in [0, 0.05) is 16.9 Å². The van der Waals surface area contributed by atoms with Crippen molar-refractivity contribution in [3.8, 4) is 0 Å². The molecule has 0 amide bonds. The van der Waals surface area contributed by atoms with E-state index in [1.165, 1.54) is 0 Å². The predicted octanol–water partition coefficient (Wildman–Crippen LogP) is 1.55. The molecule has 0 saturated heterocycles. The summed E-state index contributed by atoms with van der Waals surface area (Å²) in [6.45, 7) is 0.547. The number of imidazole rings is 1. The molecule has 0 atom stereocenters. The lowest BCUT2D eigenvalue weighted by Gasteiger charge is -1.95. The Morgan fingerprint density at radius 3 is 3.06 bits per heavy atom. The van der Waals surface area contributed by atoms with Crippen LogP contribution in [0, 0.1) is 0 Å². The maximum atomic E-state index is 5.59. The summed E-state index contributed by atoms with van der Waals surface area (Å²) in [5.41, 5.74) is 7.83. The van der Waals surface area contributed by atoms with Gasteiger partial charge in [0.2, 0.25) is 0 Å². The second kappa shape index (κ2) is 3.85. The Bertz CT molecular complexity index is 670. The molecule has 3 aromatic rings. The van der Waals surface area contributed by atoms with Crippen molar-refractivity contribution in [2.24, 2.45) is 0 Å². The zero-order valence-corrected chi connectivity index (χ0v) is 10.3. The van der Waals surface area contributed by atoms with Gasteiger partial charge in [0.15, 0.2) is 5.65 Å². The van der Waals surface area contributed by atoms with E-state index >= 15 is 0 Å². The van der Waals surface area contributed by atoms with Crippen LogP contribution in [-0.4, -0.2) is 24.7 Å². The highest BCUT2D eigenvalue weighted by atomic mass is 79.9. The topological polar surface area (TPSA) is 85.4 Å². The summed E-state index contributed by atoms with van der Waals surface area (Å²) in [7, 11) is 0. The summed E-state index contributed by atoms with van der Waals surface area (Å²) < 4.78 is 2.64. The molecule has 86 valence electrons. The van der Waals surface area contributed by atoms with Gasteiger partial charge >= 0.3 is 0 Å². The number of aromatic nitrogens is 5. The molecule has 17 heavy (non-hydrogen) atoms. The van der Waals surface area contributed by atoms with E-state index < -0.39 is 0 Å². The van der Waals surface area contributed by atoms with Crippen LogP contribution >= 0.6 is 15.9 Å². The van der Waals surface area contributed by atoms with E-state index in [2.05, 4.69) is 36.0 Å². The summed E-state index contributed by atoms with van der Waals surface area (Å²) in [4.78, 5) is 11.8. The van der Waals surface area contributed by atoms with Gasteiger partial charge < -0.3 is 10.7 Å². The Morgan fingerprint density at radius 1 is 1.41 bits per heavy atom. The maximum Gasteiger partial charge on any atom is 0.177 e.